The van der Waals surface area contributed by atoms with Gasteiger partial charge in [-0.05, 0) is 36.4 Å². The van der Waals surface area contributed by atoms with Gasteiger partial charge in [-0.2, -0.15) is 4.98 Å². The highest BCUT2D eigenvalue weighted by molar-refractivity contribution is 5.93. The van der Waals surface area contributed by atoms with E-state index >= 15 is 0 Å². The Kier molecular flexibility index (Phi) is 9.32. The molecule has 1 aliphatic rings. The van der Waals surface area contributed by atoms with E-state index in [9.17, 15) is 14.4 Å². The third-order valence-electron chi connectivity index (χ3n) is 7.18. The van der Waals surface area contributed by atoms with Crippen LogP contribution in [0.2, 0.25) is 0 Å². The summed E-state index contributed by atoms with van der Waals surface area (Å²) in [5.74, 6) is -0.690. The lowest BCUT2D eigenvalue weighted by atomic mass is 10.1. The van der Waals surface area contributed by atoms with E-state index in [4.69, 9.17) is 23.7 Å². The van der Waals surface area contributed by atoms with Crippen molar-refractivity contribution in [2.45, 2.75) is 19.1 Å². The quantitative estimate of drug-likeness (QED) is 0.151. The lowest BCUT2D eigenvalue weighted by Crippen LogP contribution is -2.20. The number of anilines is 2. The summed E-state index contributed by atoms with van der Waals surface area (Å²) in [6.45, 7) is 0.963. The number of methoxy groups -OCH3 is 1. The molecule has 0 bridgehead atoms. The number of nitrogens with zero attached hydrogens (tertiary/aromatic N) is 3. The number of imidazole rings is 1. The number of nitrogens with one attached hydrogen (secondary N) is 2. The van der Waals surface area contributed by atoms with Crippen LogP contribution in [0.5, 0.6) is 5.75 Å². The first-order valence-electron chi connectivity index (χ1n) is 14.6. The molecule has 0 spiro atoms. The largest absolute Gasteiger partial charge is 0.489 e. The van der Waals surface area contributed by atoms with Crippen molar-refractivity contribution < 1.29 is 33.3 Å². The summed E-state index contributed by atoms with van der Waals surface area (Å²) >= 11 is 0. The van der Waals surface area contributed by atoms with Crippen molar-refractivity contribution in [1.82, 2.24) is 19.5 Å². The molecule has 1 unspecified atom stereocenters. The van der Waals surface area contributed by atoms with E-state index in [0.29, 0.717) is 35.6 Å². The standard InChI is InChI=1S/C33H31N5O8/c1-42-14-15-44-27-16-22(18-45-31(40)21-8-4-2-5-9-21)25(32(41)46-24-12-13-43-19-24)17-26(27)38-20-34-28-29(38)36-33(37-30(28)39)35-23-10-6-3-7-11-23/h2-11,16-17,20,24H,12-15,18-19H2,1H3,(H2,35,36,37,39). The molecule has 236 valence electrons. The van der Waals surface area contributed by atoms with Crippen LogP contribution in [0, 0.1) is 0 Å². The van der Waals surface area contributed by atoms with Crippen molar-refractivity contribution in [3.05, 3.63) is 106 Å². The molecule has 13 heteroatoms. The molecule has 2 N–H and O–H groups in total. The lowest BCUT2D eigenvalue weighted by Gasteiger charge is -2.18. The molecule has 0 aliphatic carbocycles. The summed E-state index contributed by atoms with van der Waals surface area (Å²) in [5.41, 5.74) is 1.76. The normalized spacial score (nSPS) is 14.2. The molecule has 6 rings (SSSR count). The second kappa shape index (κ2) is 14.1. The van der Waals surface area contributed by atoms with Crippen molar-refractivity contribution >= 4 is 34.7 Å². The Labute approximate surface area is 263 Å². The number of rotatable bonds is 12. The summed E-state index contributed by atoms with van der Waals surface area (Å²) in [5, 5.41) is 3.09. The predicted octanol–water partition coefficient (Wildman–Crippen LogP) is 4.18. The summed E-state index contributed by atoms with van der Waals surface area (Å²) < 4.78 is 29.6. The van der Waals surface area contributed by atoms with Crippen molar-refractivity contribution in [1.29, 1.82) is 0 Å². The summed E-state index contributed by atoms with van der Waals surface area (Å²) in [6, 6.07) is 20.9. The molecule has 1 saturated heterocycles. The van der Waals surface area contributed by atoms with Crippen molar-refractivity contribution in [2.75, 3.05) is 38.9 Å². The molecule has 1 fully saturated rings. The van der Waals surface area contributed by atoms with Crippen LogP contribution in [0.3, 0.4) is 0 Å². The number of para-hydroxylation sites is 1. The first-order chi connectivity index (χ1) is 22.5. The van der Waals surface area contributed by atoms with Crippen LogP contribution in [0.15, 0.2) is 83.9 Å². The van der Waals surface area contributed by atoms with E-state index in [-0.39, 0.29) is 49.1 Å². The molecule has 1 atom stereocenters. The number of carbonyl (C=O) groups is 2. The zero-order valence-corrected chi connectivity index (χ0v) is 24.9. The minimum Gasteiger partial charge on any atom is -0.489 e. The number of esters is 2. The number of aromatic nitrogens is 4. The third-order valence-corrected chi connectivity index (χ3v) is 7.18. The molecule has 0 saturated carbocycles. The SMILES string of the molecule is COCCOc1cc(COC(=O)c2ccccc2)c(C(=O)OC2CCOC2)cc1-n1cnc2c(=O)[nH]c(Nc3ccccc3)nc21. The first-order valence-corrected chi connectivity index (χ1v) is 14.6. The van der Waals surface area contributed by atoms with Crippen LogP contribution in [0.25, 0.3) is 16.9 Å². The second-order valence-corrected chi connectivity index (χ2v) is 10.3. The van der Waals surface area contributed by atoms with Crippen molar-refractivity contribution in [3.8, 4) is 11.4 Å². The highest BCUT2D eigenvalue weighted by Crippen LogP contribution is 2.31. The number of H-pyrrole nitrogens is 1. The molecule has 1 aliphatic heterocycles. The number of carbonyl (C=O) groups excluding carboxylic acids is 2. The van der Waals surface area contributed by atoms with Crippen LogP contribution >= 0.6 is 0 Å². The third kappa shape index (κ3) is 6.90. The van der Waals surface area contributed by atoms with Gasteiger partial charge < -0.3 is 29.0 Å². The van der Waals surface area contributed by atoms with Gasteiger partial charge in [0.2, 0.25) is 5.95 Å². The van der Waals surface area contributed by atoms with Gasteiger partial charge in [-0.15, -0.1) is 0 Å². The fraction of sp³-hybridized carbons (Fsp3) is 0.242. The molecule has 3 heterocycles. The summed E-state index contributed by atoms with van der Waals surface area (Å²) in [7, 11) is 1.55. The minimum absolute atomic E-state index is 0.0783. The molecule has 3 aromatic carbocycles. The highest BCUT2D eigenvalue weighted by Gasteiger charge is 2.26. The van der Waals surface area contributed by atoms with E-state index in [1.165, 1.54) is 6.33 Å². The molecule has 0 radical (unpaired) electrons. The fourth-order valence-electron chi connectivity index (χ4n) is 4.88. The monoisotopic (exact) mass is 625 g/mol. The summed E-state index contributed by atoms with van der Waals surface area (Å²) in [6.07, 6.45) is 1.56. The van der Waals surface area contributed by atoms with E-state index < -0.39 is 23.6 Å². The van der Waals surface area contributed by atoms with E-state index in [0.717, 1.165) is 5.69 Å². The predicted molar refractivity (Wildman–Crippen MR) is 167 cm³/mol. The van der Waals surface area contributed by atoms with E-state index in [1.807, 2.05) is 30.3 Å². The van der Waals surface area contributed by atoms with Gasteiger partial charge in [-0.3, -0.25) is 14.3 Å². The van der Waals surface area contributed by atoms with E-state index in [1.54, 1.807) is 54.1 Å². The van der Waals surface area contributed by atoms with Gasteiger partial charge in [0.15, 0.2) is 11.2 Å². The molecule has 46 heavy (non-hydrogen) atoms. The molecular weight excluding hydrogens is 594 g/mol. The van der Waals surface area contributed by atoms with Gasteiger partial charge >= 0.3 is 11.9 Å². The smallest absolute Gasteiger partial charge is 0.338 e. The zero-order valence-electron chi connectivity index (χ0n) is 24.9. The zero-order chi connectivity index (χ0) is 31.9. The molecule has 13 nitrogen and oxygen atoms in total. The number of aromatic amines is 1. The Morgan fingerprint density at radius 2 is 1.83 bits per heavy atom. The van der Waals surface area contributed by atoms with Gasteiger partial charge in [0.05, 0.1) is 36.6 Å². The van der Waals surface area contributed by atoms with Gasteiger partial charge in [0.25, 0.3) is 5.56 Å². The molecule has 0 amide bonds. The van der Waals surface area contributed by atoms with Crippen LogP contribution < -0.4 is 15.6 Å². The van der Waals surface area contributed by atoms with Gasteiger partial charge in [0.1, 0.15) is 31.4 Å². The Balaban J connectivity index is 1.43. The Hall–Kier alpha value is -5.53. The van der Waals surface area contributed by atoms with E-state index in [2.05, 4.69) is 20.3 Å². The maximum atomic E-state index is 13.6. The first kappa shape index (κ1) is 30.5. The fourth-order valence-corrected chi connectivity index (χ4v) is 4.88. The number of hydrogen-bond acceptors (Lipinski definition) is 11. The lowest BCUT2D eigenvalue weighted by molar-refractivity contribution is 0.0261. The van der Waals surface area contributed by atoms with Crippen LogP contribution in [-0.4, -0.2) is 71.1 Å². The summed E-state index contributed by atoms with van der Waals surface area (Å²) in [4.78, 5) is 51.1. The van der Waals surface area contributed by atoms with Crippen molar-refractivity contribution in [3.63, 3.8) is 0 Å². The number of fused-ring (bicyclic) bond motifs is 1. The van der Waals surface area contributed by atoms with Crippen molar-refractivity contribution in [2.24, 2.45) is 0 Å². The Bertz CT molecular complexity index is 1890. The number of benzene rings is 3. The topological polar surface area (TPSA) is 156 Å². The number of hydrogen-bond donors (Lipinski definition) is 2. The Morgan fingerprint density at radius 3 is 2.57 bits per heavy atom. The van der Waals surface area contributed by atoms with Gasteiger partial charge in [-0.25, -0.2) is 14.6 Å². The molecule has 2 aromatic heterocycles. The van der Waals surface area contributed by atoms with Crippen LogP contribution in [0.4, 0.5) is 11.6 Å². The van der Waals surface area contributed by atoms with Crippen LogP contribution in [0.1, 0.15) is 32.7 Å². The molecule has 5 aromatic rings. The minimum atomic E-state index is -0.632. The second-order valence-electron chi connectivity index (χ2n) is 10.3. The van der Waals surface area contributed by atoms with Gasteiger partial charge in [0, 0.05) is 24.8 Å². The maximum Gasteiger partial charge on any atom is 0.338 e. The molecular formula is C33H31N5O8. The van der Waals surface area contributed by atoms with Gasteiger partial charge in [-0.1, -0.05) is 36.4 Å². The average molecular weight is 626 g/mol. The average Bonchev–Trinajstić information content (AvgIpc) is 3.75. The Morgan fingerprint density at radius 1 is 1.04 bits per heavy atom. The highest BCUT2D eigenvalue weighted by atomic mass is 16.6. The number of ether oxygens (including phenoxy) is 5. The maximum absolute atomic E-state index is 13.6. The van der Waals surface area contributed by atoms with Crippen LogP contribution in [-0.2, 0) is 25.6 Å².